The van der Waals surface area contributed by atoms with Crippen LogP contribution in [0.25, 0.3) is 0 Å². The molecule has 0 aliphatic carbocycles. The van der Waals surface area contributed by atoms with Crippen molar-refractivity contribution in [1.29, 1.82) is 0 Å². The summed E-state index contributed by atoms with van der Waals surface area (Å²) in [7, 11) is 0. The Balaban J connectivity index is 2.03. The summed E-state index contributed by atoms with van der Waals surface area (Å²) in [6, 6.07) is -0.653. The molecule has 1 rings (SSSR count). The minimum atomic E-state index is -1.49. The van der Waals surface area contributed by atoms with Crippen molar-refractivity contribution in [3.63, 3.8) is 0 Å². The van der Waals surface area contributed by atoms with Crippen molar-refractivity contribution in [2.75, 3.05) is 13.2 Å². The monoisotopic (exact) mass is 463 g/mol. The number of aliphatic hydroxyl groups is 5. The molecule has 0 aromatic carbocycles. The average Bonchev–Trinajstić information content (AvgIpc) is 2.79. The van der Waals surface area contributed by atoms with Gasteiger partial charge in [0, 0.05) is 0 Å². The smallest absolute Gasteiger partial charge is 0.186 e. The van der Waals surface area contributed by atoms with Gasteiger partial charge in [-0.1, -0.05) is 90.4 Å². The molecule has 8 nitrogen and oxygen atoms in total. The lowest BCUT2D eigenvalue weighted by Gasteiger charge is -2.40. The van der Waals surface area contributed by atoms with Gasteiger partial charge in [-0.2, -0.15) is 0 Å². The van der Waals surface area contributed by atoms with Gasteiger partial charge >= 0.3 is 0 Å². The van der Waals surface area contributed by atoms with Crippen LogP contribution in [0, 0.1) is 0 Å². The molecule has 1 aliphatic rings. The van der Waals surface area contributed by atoms with Crippen LogP contribution in [0.4, 0.5) is 0 Å². The molecule has 7 N–H and O–H groups in total. The molecular formula is C24H49NO7. The quantitative estimate of drug-likeness (QED) is 0.159. The molecular weight excluding hydrogens is 414 g/mol. The van der Waals surface area contributed by atoms with E-state index in [9.17, 15) is 25.5 Å². The van der Waals surface area contributed by atoms with E-state index in [1.807, 2.05) is 0 Å². The zero-order valence-corrected chi connectivity index (χ0v) is 20.0. The van der Waals surface area contributed by atoms with E-state index >= 15 is 0 Å². The summed E-state index contributed by atoms with van der Waals surface area (Å²) < 4.78 is 10.7. The van der Waals surface area contributed by atoms with Crippen molar-refractivity contribution in [3.8, 4) is 0 Å². The molecule has 0 amide bonds. The van der Waals surface area contributed by atoms with Gasteiger partial charge in [-0.25, -0.2) is 0 Å². The Bertz CT molecular complexity index is 441. The van der Waals surface area contributed by atoms with E-state index in [2.05, 4.69) is 6.92 Å². The third-order valence-electron chi connectivity index (χ3n) is 6.40. The molecule has 0 aromatic heterocycles. The highest BCUT2D eigenvalue weighted by Crippen LogP contribution is 2.22. The van der Waals surface area contributed by atoms with Crippen molar-refractivity contribution in [2.24, 2.45) is 5.73 Å². The number of unbranched alkanes of at least 4 members (excludes halogenated alkanes) is 12. The van der Waals surface area contributed by atoms with Gasteiger partial charge in [0.2, 0.25) is 0 Å². The highest BCUT2D eigenvalue weighted by Gasteiger charge is 2.44. The lowest BCUT2D eigenvalue weighted by atomic mass is 9.99. The molecule has 1 fully saturated rings. The Labute approximate surface area is 194 Å². The molecule has 0 aromatic rings. The van der Waals surface area contributed by atoms with E-state index in [4.69, 9.17) is 15.2 Å². The van der Waals surface area contributed by atoms with Gasteiger partial charge < -0.3 is 40.7 Å². The molecule has 8 heteroatoms. The van der Waals surface area contributed by atoms with Crippen LogP contribution in [0.2, 0.25) is 0 Å². The molecule has 0 bridgehead atoms. The zero-order chi connectivity index (χ0) is 23.8. The Hall–Kier alpha value is -0.320. The minimum absolute atomic E-state index is 0.0672. The van der Waals surface area contributed by atoms with Crippen LogP contribution in [-0.2, 0) is 9.47 Å². The first-order valence-electron chi connectivity index (χ1n) is 12.8. The minimum Gasteiger partial charge on any atom is -0.394 e. The van der Waals surface area contributed by atoms with Crippen LogP contribution < -0.4 is 5.73 Å². The van der Waals surface area contributed by atoms with Gasteiger partial charge in [0.15, 0.2) is 6.29 Å². The second-order valence-corrected chi connectivity index (χ2v) is 9.29. The van der Waals surface area contributed by atoms with E-state index in [1.165, 1.54) is 70.6 Å². The fourth-order valence-electron chi connectivity index (χ4n) is 4.11. The van der Waals surface area contributed by atoms with Crippen LogP contribution in [0.3, 0.4) is 0 Å². The number of aliphatic hydroxyl groups excluding tert-OH is 5. The van der Waals surface area contributed by atoms with Gasteiger partial charge in [0.25, 0.3) is 0 Å². The summed E-state index contributed by atoms with van der Waals surface area (Å²) in [5.41, 5.74) is 5.98. The zero-order valence-electron chi connectivity index (χ0n) is 20.0. The molecule has 0 radical (unpaired) electrons. The third-order valence-corrected chi connectivity index (χ3v) is 6.40. The first-order valence-corrected chi connectivity index (χ1v) is 12.8. The molecule has 1 aliphatic heterocycles. The molecule has 0 saturated carbocycles. The van der Waals surface area contributed by atoms with E-state index < -0.39 is 49.5 Å². The molecule has 0 spiro atoms. The molecule has 32 heavy (non-hydrogen) atoms. The summed E-state index contributed by atoms with van der Waals surface area (Å²) >= 11 is 0. The second kappa shape index (κ2) is 18.1. The van der Waals surface area contributed by atoms with Gasteiger partial charge in [-0.3, -0.25) is 0 Å². The van der Waals surface area contributed by atoms with Gasteiger partial charge in [0.1, 0.15) is 24.4 Å². The van der Waals surface area contributed by atoms with Crippen LogP contribution in [0.1, 0.15) is 96.8 Å². The molecule has 192 valence electrons. The molecule has 1 heterocycles. The van der Waals surface area contributed by atoms with Crippen molar-refractivity contribution in [3.05, 3.63) is 0 Å². The number of hydrogen-bond donors (Lipinski definition) is 6. The topological polar surface area (TPSA) is 146 Å². The molecule has 1 saturated heterocycles. The molecule has 6 unspecified atom stereocenters. The Morgan fingerprint density at radius 1 is 0.781 bits per heavy atom. The second-order valence-electron chi connectivity index (χ2n) is 9.29. The largest absolute Gasteiger partial charge is 0.394 e. The van der Waals surface area contributed by atoms with Crippen LogP contribution in [-0.4, -0.2) is 81.6 Å². The van der Waals surface area contributed by atoms with Crippen LogP contribution in [0.15, 0.2) is 0 Å². The highest BCUT2D eigenvalue weighted by molar-refractivity contribution is 4.89. The average molecular weight is 464 g/mol. The normalized spacial score (nSPS) is 28.0. The number of ether oxygens (including phenoxy) is 2. The Morgan fingerprint density at radius 2 is 1.28 bits per heavy atom. The van der Waals surface area contributed by atoms with Crippen LogP contribution in [0.5, 0.6) is 0 Å². The van der Waals surface area contributed by atoms with Gasteiger partial charge in [0.05, 0.1) is 25.4 Å². The Kier molecular flexibility index (Phi) is 16.8. The molecule has 7 atom stereocenters. The predicted molar refractivity (Wildman–Crippen MR) is 124 cm³/mol. The fourth-order valence-corrected chi connectivity index (χ4v) is 4.11. The van der Waals surface area contributed by atoms with E-state index in [0.29, 0.717) is 6.42 Å². The van der Waals surface area contributed by atoms with E-state index in [-0.39, 0.29) is 6.61 Å². The lowest BCUT2D eigenvalue weighted by Crippen LogP contribution is -2.59. The Morgan fingerprint density at radius 3 is 1.78 bits per heavy atom. The van der Waals surface area contributed by atoms with E-state index in [1.54, 1.807) is 0 Å². The maximum Gasteiger partial charge on any atom is 0.186 e. The van der Waals surface area contributed by atoms with Gasteiger partial charge in [-0.05, 0) is 6.42 Å². The van der Waals surface area contributed by atoms with Crippen molar-refractivity contribution >= 4 is 0 Å². The van der Waals surface area contributed by atoms with E-state index in [0.717, 1.165) is 12.8 Å². The highest BCUT2D eigenvalue weighted by atomic mass is 16.7. The number of nitrogens with two attached hydrogens (primary N) is 1. The maximum absolute atomic E-state index is 10.2. The summed E-state index contributed by atoms with van der Waals surface area (Å²) in [5, 5.41) is 49.0. The summed E-state index contributed by atoms with van der Waals surface area (Å²) in [6.45, 7) is 1.67. The first-order chi connectivity index (χ1) is 15.4. The first kappa shape index (κ1) is 29.7. The maximum atomic E-state index is 10.2. The standard InChI is InChI=1S/C24H49NO7/c1-2-3-4-5-6-7-8-9-10-11-12-13-14-15-19(27)18(25)17-31-24-23(30)22(29)21(28)20(16-26)32-24/h18-24,26-30H,2-17,25H2,1H3/t18-,19?,20?,21?,22?,23?,24?/m0/s1. The summed E-state index contributed by atoms with van der Waals surface area (Å²) in [6.07, 6.45) is 9.70. The SMILES string of the molecule is CCCCCCCCCCCCCCCC(O)[C@@H](N)COC1OC(CO)C(O)C(O)C1O. The van der Waals surface area contributed by atoms with Crippen molar-refractivity contribution < 1.29 is 35.0 Å². The summed E-state index contributed by atoms with van der Waals surface area (Å²) in [4.78, 5) is 0. The number of hydrogen-bond acceptors (Lipinski definition) is 8. The lowest BCUT2D eigenvalue weighted by molar-refractivity contribution is -0.302. The van der Waals surface area contributed by atoms with Crippen molar-refractivity contribution in [2.45, 2.75) is 140 Å². The number of rotatable bonds is 19. The van der Waals surface area contributed by atoms with Crippen molar-refractivity contribution in [1.82, 2.24) is 0 Å². The fraction of sp³-hybridized carbons (Fsp3) is 1.00. The third kappa shape index (κ3) is 11.7. The van der Waals surface area contributed by atoms with Crippen LogP contribution >= 0.6 is 0 Å². The summed E-state index contributed by atoms with van der Waals surface area (Å²) in [5.74, 6) is 0. The predicted octanol–water partition coefficient (Wildman–Crippen LogP) is 1.97. The van der Waals surface area contributed by atoms with Gasteiger partial charge in [-0.15, -0.1) is 0 Å².